The lowest BCUT2D eigenvalue weighted by Crippen LogP contribution is -2.11. The fourth-order valence-corrected chi connectivity index (χ4v) is 4.21. The summed E-state index contributed by atoms with van der Waals surface area (Å²) >= 11 is 8.07. The Bertz CT molecular complexity index is 612. The van der Waals surface area contributed by atoms with E-state index in [9.17, 15) is 9.18 Å². The van der Waals surface area contributed by atoms with Crippen LogP contribution in [0.3, 0.4) is 0 Å². The molecule has 1 N–H and O–H groups in total. The van der Waals surface area contributed by atoms with E-state index in [1.165, 1.54) is 23.5 Å². The molecule has 0 radical (unpaired) electrons. The Morgan fingerprint density at radius 2 is 2.06 bits per heavy atom. The number of thiophene rings is 1. The highest BCUT2D eigenvalue weighted by molar-refractivity contribution is 9.12. The maximum absolute atomic E-state index is 13.1. The molecule has 0 aliphatic heterocycles. The van der Waals surface area contributed by atoms with Crippen LogP contribution in [0.1, 0.15) is 15.9 Å². The van der Waals surface area contributed by atoms with Gasteiger partial charge in [-0.05, 0) is 68.6 Å². The fraction of sp³-hybridized carbons (Fsp3) is 0.0833. The number of rotatable bonds is 2. The third-order valence-corrected chi connectivity index (χ3v) is 4.66. The first kappa shape index (κ1) is 13.7. The van der Waals surface area contributed by atoms with Crippen LogP contribution in [0.4, 0.5) is 10.1 Å². The van der Waals surface area contributed by atoms with Crippen LogP contribution in [0.2, 0.25) is 0 Å². The predicted octanol–water partition coefficient (Wildman–Crippen LogP) is 4.97. The summed E-state index contributed by atoms with van der Waals surface area (Å²) in [5.41, 5.74) is 1.63. The van der Waals surface area contributed by atoms with E-state index >= 15 is 0 Å². The second-order valence-corrected chi connectivity index (χ2v) is 7.41. The molecule has 2 rings (SSSR count). The van der Waals surface area contributed by atoms with Gasteiger partial charge in [-0.25, -0.2) is 4.39 Å². The van der Waals surface area contributed by atoms with Crippen molar-refractivity contribution in [2.24, 2.45) is 0 Å². The van der Waals surface area contributed by atoms with Crippen LogP contribution in [0.25, 0.3) is 0 Å². The number of carbonyl (C=O) groups excluding carboxylic acids is 1. The maximum Gasteiger partial charge on any atom is 0.257 e. The third kappa shape index (κ3) is 2.99. The van der Waals surface area contributed by atoms with Crippen molar-refractivity contribution in [3.05, 3.63) is 48.8 Å². The standard InChI is InChI=1S/C12H8Br2FNOS/c1-6-4-7(2-3-9(6)15)16-12(17)8-5-10(13)18-11(8)14/h2-5H,1H3,(H,16,17). The van der Waals surface area contributed by atoms with Crippen molar-refractivity contribution in [1.82, 2.24) is 0 Å². The summed E-state index contributed by atoms with van der Waals surface area (Å²) in [5.74, 6) is -0.512. The zero-order valence-electron chi connectivity index (χ0n) is 9.26. The molecule has 94 valence electrons. The summed E-state index contributed by atoms with van der Waals surface area (Å²) in [6, 6.07) is 6.21. The van der Waals surface area contributed by atoms with Gasteiger partial charge in [0, 0.05) is 5.69 Å². The number of carbonyl (C=O) groups is 1. The van der Waals surface area contributed by atoms with E-state index < -0.39 is 0 Å². The summed E-state index contributed by atoms with van der Waals surface area (Å²) in [6.45, 7) is 1.65. The molecule has 6 heteroatoms. The molecule has 1 amide bonds. The third-order valence-electron chi connectivity index (χ3n) is 2.32. The van der Waals surface area contributed by atoms with Gasteiger partial charge in [0.25, 0.3) is 5.91 Å². The molecule has 0 unspecified atom stereocenters. The number of hydrogen-bond donors (Lipinski definition) is 1. The molecular weight excluding hydrogens is 385 g/mol. The molecule has 0 aliphatic carbocycles. The van der Waals surface area contributed by atoms with Crippen molar-refractivity contribution in [1.29, 1.82) is 0 Å². The van der Waals surface area contributed by atoms with Gasteiger partial charge in [0.05, 0.1) is 13.1 Å². The zero-order chi connectivity index (χ0) is 13.3. The lowest BCUT2D eigenvalue weighted by atomic mass is 10.2. The Kier molecular flexibility index (Phi) is 4.19. The predicted molar refractivity (Wildman–Crippen MR) is 78.8 cm³/mol. The average Bonchev–Trinajstić information content (AvgIpc) is 2.63. The Morgan fingerprint density at radius 3 is 2.61 bits per heavy atom. The molecule has 2 aromatic rings. The first-order valence-electron chi connectivity index (χ1n) is 4.99. The minimum atomic E-state index is -0.285. The van der Waals surface area contributed by atoms with Crippen molar-refractivity contribution >= 4 is 54.8 Å². The lowest BCUT2D eigenvalue weighted by molar-refractivity contribution is 0.102. The Hall–Kier alpha value is -0.720. The van der Waals surface area contributed by atoms with Crippen LogP contribution >= 0.6 is 43.2 Å². The van der Waals surface area contributed by atoms with Gasteiger partial charge in [0.15, 0.2) is 0 Å². The molecule has 2 nitrogen and oxygen atoms in total. The molecule has 0 aliphatic rings. The fourth-order valence-electron chi connectivity index (χ4n) is 1.42. The zero-order valence-corrected chi connectivity index (χ0v) is 13.2. The second kappa shape index (κ2) is 5.50. The van der Waals surface area contributed by atoms with Crippen LogP contribution in [-0.2, 0) is 0 Å². The van der Waals surface area contributed by atoms with Gasteiger partial charge in [0.1, 0.15) is 5.82 Å². The maximum atomic E-state index is 13.1. The van der Waals surface area contributed by atoms with E-state index in [1.54, 1.807) is 19.1 Å². The molecule has 1 aromatic heterocycles. The van der Waals surface area contributed by atoms with Crippen LogP contribution in [-0.4, -0.2) is 5.91 Å². The molecule has 18 heavy (non-hydrogen) atoms. The normalized spacial score (nSPS) is 10.4. The SMILES string of the molecule is Cc1cc(NC(=O)c2cc(Br)sc2Br)ccc1F. The molecule has 0 bridgehead atoms. The van der Waals surface area contributed by atoms with Crippen LogP contribution < -0.4 is 5.32 Å². The summed E-state index contributed by atoms with van der Waals surface area (Å²) in [7, 11) is 0. The van der Waals surface area contributed by atoms with E-state index in [4.69, 9.17) is 0 Å². The number of aryl methyl sites for hydroxylation is 1. The average molecular weight is 393 g/mol. The van der Waals surface area contributed by atoms with Crippen LogP contribution in [0.15, 0.2) is 31.8 Å². The van der Waals surface area contributed by atoms with Gasteiger partial charge < -0.3 is 5.32 Å². The van der Waals surface area contributed by atoms with Gasteiger partial charge in [-0.15, -0.1) is 11.3 Å². The molecule has 0 fully saturated rings. The van der Waals surface area contributed by atoms with E-state index in [1.807, 2.05) is 0 Å². The molecule has 0 spiro atoms. The molecule has 1 aromatic carbocycles. The van der Waals surface area contributed by atoms with Crippen LogP contribution in [0, 0.1) is 12.7 Å². The number of nitrogens with one attached hydrogen (secondary N) is 1. The monoisotopic (exact) mass is 391 g/mol. The Labute approximate surface area is 124 Å². The van der Waals surface area contributed by atoms with Gasteiger partial charge >= 0.3 is 0 Å². The molecule has 0 saturated carbocycles. The molecule has 1 heterocycles. The first-order valence-corrected chi connectivity index (χ1v) is 7.40. The van der Waals surface area contributed by atoms with Crippen molar-refractivity contribution in [3.63, 3.8) is 0 Å². The van der Waals surface area contributed by atoms with Gasteiger partial charge in [-0.3, -0.25) is 4.79 Å². The highest BCUT2D eigenvalue weighted by Gasteiger charge is 2.14. The second-order valence-electron chi connectivity index (χ2n) is 3.66. The van der Waals surface area contributed by atoms with Crippen LogP contribution in [0.5, 0.6) is 0 Å². The first-order chi connectivity index (χ1) is 8.47. The highest BCUT2D eigenvalue weighted by Crippen LogP contribution is 2.32. The van der Waals surface area contributed by atoms with Crippen molar-refractivity contribution in [2.75, 3.05) is 5.32 Å². The van der Waals surface area contributed by atoms with E-state index in [2.05, 4.69) is 37.2 Å². The number of halogens is 3. The summed E-state index contributed by atoms with van der Waals surface area (Å²) < 4.78 is 14.7. The number of amides is 1. The van der Waals surface area contributed by atoms with Crippen molar-refractivity contribution in [3.8, 4) is 0 Å². The summed E-state index contributed by atoms with van der Waals surface area (Å²) in [5, 5.41) is 2.73. The summed E-state index contributed by atoms with van der Waals surface area (Å²) in [4.78, 5) is 12.0. The van der Waals surface area contributed by atoms with Gasteiger partial charge in [0.2, 0.25) is 0 Å². The van der Waals surface area contributed by atoms with E-state index in [-0.39, 0.29) is 11.7 Å². The number of benzene rings is 1. The minimum Gasteiger partial charge on any atom is -0.322 e. The molecular formula is C12H8Br2FNOS. The van der Waals surface area contributed by atoms with E-state index in [0.717, 1.165) is 7.57 Å². The smallest absolute Gasteiger partial charge is 0.257 e. The quantitative estimate of drug-likeness (QED) is 0.767. The number of hydrogen-bond acceptors (Lipinski definition) is 2. The summed E-state index contributed by atoms with van der Waals surface area (Å²) in [6.07, 6.45) is 0. The van der Waals surface area contributed by atoms with Crippen molar-refractivity contribution in [2.45, 2.75) is 6.92 Å². The number of anilines is 1. The van der Waals surface area contributed by atoms with Crippen molar-refractivity contribution < 1.29 is 9.18 Å². The largest absolute Gasteiger partial charge is 0.322 e. The lowest BCUT2D eigenvalue weighted by Gasteiger charge is -2.05. The molecule has 0 atom stereocenters. The molecule has 0 saturated heterocycles. The van der Waals surface area contributed by atoms with Gasteiger partial charge in [-0.1, -0.05) is 0 Å². The Morgan fingerprint density at radius 1 is 1.33 bits per heavy atom. The highest BCUT2D eigenvalue weighted by atomic mass is 79.9. The van der Waals surface area contributed by atoms with E-state index in [0.29, 0.717) is 16.8 Å². The topological polar surface area (TPSA) is 29.1 Å². The Balaban J connectivity index is 2.21. The minimum absolute atomic E-state index is 0.227. The van der Waals surface area contributed by atoms with Gasteiger partial charge in [-0.2, -0.15) is 0 Å².